The van der Waals surface area contributed by atoms with Crippen LogP contribution < -0.4 is 5.32 Å². The molecular weight excluding hydrogens is 827 g/mol. The average Bonchev–Trinajstić information content (AvgIpc) is 3.33. The Labute approximate surface area is 418 Å². The van der Waals surface area contributed by atoms with Crippen LogP contribution >= 0.6 is 0 Å². The van der Waals surface area contributed by atoms with Gasteiger partial charge in [0.1, 0.15) is 0 Å². The number of esters is 1. The van der Waals surface area contributed by atoms with E-state index in [9.17, 15) is 19.8 Å². The van der Waals surface area contributed by atoms with Gasteiger partial charge in [-0.1, -0.05) is 263 Å². The van der Waals surface area contributed by atoms with E-state index in [0.717, 1.165) is 57.8 Å². The van der Waals surface area contributed by atoms with Crippen LogP contribution in [0.3, 0.4) is 0 Å². The topological polar surface area (TPSA) is 95.9 Å². The van der Waals surface area contributed by atoms with E-state index in [4.69, 9.17) is 4.74 Å². The molecule has 0 bridgehead atoms. The van der Waals surface area contributed by atoms with Gasteiger partial charge in [0.25, 0.3) is 0 Å². The molecule has 0 aliphatic heterocycles. The number of nitrogens with one attached hydrogen (secondary N) is 1. The zero-order chi connectivity index (χ0) is 48.6. The van der Waals surface area contributed by atoms with Crippen molar-refractivity contribution in [2.24, 2.45) is 0 Å². The van der Waals surface area contributed by atoms with Crippen LogP contribution in [-0.4, -0.2) is 47.4 Å². The van der Waals surface area contributed by atoms with Gasteiger partial charge in [0.05, 0.1) is 25.4 Å². The van der Waals surface area contributed by atoms with Crippen molar-refractivity contribution in [1.29, 1.82) is 0 Å². The monoisotopic (exact) mass is 944 g/mol. The summed E-state index contributed by atoms with van der Waals surface area (Å²) in [5, 5.41) is 23.2. The standard InChI is InChI=1S/C61H117NO5/c1-3-5-7-9-11-13-15-17-19-20-21-24-27-31-35-39-43-47-51-55-61(66)67-56-52-48-44-40-36-32-28-25-22-23-26-30-34-38-42-46-50-54-60(65)62-58(57-63)59(64)53-49-45-41-37-33-29-18-16-14-12-10-8-6-4-2/h17,19,22,25,58-59,63-64H,3-16,18,20-21,23-24,26-57H2,1-2H3,(H,62,65)/b19-17-,25-22-. The summed E-state index contributed by atoms with van der Waals surface area (Å²) in [4.78, 5) is 24.6. The van der Waals surface area contributed by atoms with E-state index in [1.54, 1.807) is 0 Å². The molecule has 6 nitrogen and oxygen atoms in total. The van der Waals surface area contributed by atoms with E-state index in [0.29, 0.717) is 25.9 Å². The Balaban J connectivity index is 3.43. The van der Waals surface area contributed by atoms with Crippen LogP contribution in [0.2, 0.25) is 0 Å². The van der Waals surface area contributed by atoms with E-state index in [-0.39, 0.29) is 18.5 Å². The van der Waals surface area contributed by atoms with Crippen molar-refractivity contribution in [3.8, 4) is 0 Å². The molecule has 0 aromatic heterocycles. The number of aliphatic hydroxyl groups excluding tert-OH is 2. The number of hydrogen-bond donors (Lipinski definition) is 3. The van der Waals surface area contributed by atoms with Crippen molar-refractivity contribution >= 4 is 11.9 Å². The minimum atomic E-state index is -0.671. The van der Waals surface area contributed by atoms with Gasteiger partial charge in [-0.25, -0.2) is 0 Å². The fourth-order valence-electron chi connectivity index (χ4n) is 9.34. The normalized spacial score (nSPS) is 12.7. The number of unbranched alkanes of at least 4 members (excludes halogenated alkanes) is 41. The average molecular weight is 945 g/mol. The van der Waals surface area contributed by atoms with Gasteiger partial charge < -0.3 is 20.3 Å². The SMILES string of the molecule is CCCCCCCC/C=C\CCCCCCCCCCCC(=O)OCCCCCCCC/C=C\CCCCCCCCCC(=O)NC(CO)C(O)CCCCCCCCCCCCCCCC. The second kappa shape index (κ2) is 56.9. The predicted octanol–water partition coefficient (Wildman–Crippen LogP) is 18.6. The summed E-state index contributed by atoms with van der Waals surface area (Å²) in [6, 6.07) is -0.550. The molecule has 6 heteroatoms. The van der Waals surface area contributed by atoms with Crippen molar-refractivity contribution in [3.63, 3.8) is 0 Å². The Bertz CT molecular complexity index is 1040. The minimum Gasteiger partial charge on any atom is -0.466 e. The molecule has 1 amide bonds. The molecule has 0 spiro atoms. The molecule has 0 saturated carbocycles. The molecule has 0 aliphatic carbocycles. The first-order valence-corrected chi connectivity index (χ1v) is 30.1. The summed E-state index contributed by atoms with van der Waals surface area (Å²) >= 11 is 0. The predicted molar refractivity (Wildman–Crippen MR) is 292 cm³/mol. The molecule has 67 heavy (non-hydrogen) atoms. The Morgan fingerprint density at radius 1 is 0.403 bits per heavy atom. The lowest BCUT2D eigenvalue weighted by Gasteiger charge is -2.22. The summed E-state index contributed by atoms with van der Waals surface area (Å²) < 4.78 is 5.49. The van der Waals surface area contributed by atoms with Gasteiger partial charge in [-0.15, -0.1) is 0 Å². The Kier molecular flexibility index (Phi) is 55.5. The van der Waals surface area contributed by atoms with Crippen molar-refractivity contribution in [2.75, 3.05) is 13.2 Å². The lowest BCUT2D eigenvalue weighted by atomic mass is 10.0. The summed E-state index contributed by atoms with van der Waals surface area (Å²) in [5.41, 5.74) is 0. The van der Waals surface area contributed by atoms with E-state index in [1.165, 1.54) is 238 Å². The molecule has 0 aromatic rings. The highest BCUT2D eigenvalue weighted by atomic mass is 16.5. The minimum absolute atomic E-state index is 0.00187. The quantitative estimate of drug-likeness (QED) is 0.0321. The summed E-state index contributed by atoms with van der Waals surface area (Å²) in [5.74, 6) is -0.0478. The van der Waals surface area contributed by atoms with Gasteiger partial charge >= 0.3 is 5.97 Å². The zero-order valence-electron chi connectivity index (χ0n) is 45.1. The van der Waals surface area contributed by atoms with Crippen LogP contribution in [0.5, 0.6) is 0 Å². The van der Waals surface area contributed by atoms with Crippen LogP contribution in [-0.2, 0) is 14.3 Å². The van der Waals surface area contributed by atoms with Gasteiger partial charge in [-0.3, -0.25) is 9.59 Å². The number of hydrogen-bond acceptors (Lipinski definition) is 5. The van der Waals surface area contributed by atoms with Crippen LogP contribution in [0.15, 0.2) is 24.3 Å². The van der Waals surface area contributed by atoms with Crippen LogP contribution in [0.1, 0.15) is 328 Å². The van der Waals surface area contributed by atoms with Crippen molar-refractivity contribution in [2.45, 2.75) is 341 Å². The number of aliphatic hydroxyl groups is 2. The molecule has 0 aromatic carbocycles. The highest BCUT2D eigenvalue weighted by molar-refractivity contribution is 5.76. The molecule has 0 radical (unpaired) electrons. The molecule has 396 valence electrons. The molecule has 3 N–H and O–H groups in total. The maximum absolute atomic E-state index is 12.5. The number of rotatable bonds is 56. The van der Waals surface area contributed by atoms with Gasteiger partial charge in [-0.2, -0.15) is 0 Å². The third kappa shape index (κ3) is 53.5. The van der Waals surface area contributed by atoms with Gasteiger partial charge in [-0.05, 0) is 77.0 Å². The number of amides is 1. The van der Waals surface area contributed by atoms with E-state index in [2.05, 4.69) is 43.5 Å². The zero-order valence-corrected chi connectivity index (χ0v) is 45.1. The first-order valence-electron chi connectivity index (χ1n) is 30.1. The lowest BCUT2D eigenvalue weighted by Crippen LogP contribution is -2.45. The molecule has 0 aliphatic rings. The number of carbonyl (C=O) groups excluding carboxylic acids is 2. The van der Waals surface area contributed by atoms with Crippen LogP contribution in [0.4, 0.5) is 0 Å². The number of carbonyl (C=O) groups is 2. The maximum Gasteiger partial charge on any atom is 0.305 e. The highest BCUT2D eigenvalue weighted by Crippen LogP contribution is 2.17. The number of ether oxygens (including phenoxy) is 1. The summed E-state index contributed by atoms with van der Waals surface area (Å²) in [6.07, 6.45) is 68.9. The van der Waals surface area contributed by atoms with Crippen molar-refractivity contribution < 1.29 is 24.5 Å². The molecule has 2 atom stereocenters. The van der Waals surface area contributed by atoms with Crippen molar-refractivity contribution in [1.82, 2.24) is 5.32 Å². The van der Waals surface area contributed by atoms with Crippen LogP contribution in [0.25, 0.3) is 0 Å². The van der Waals surface area contributed by atoms with E-state index >= 15 is 0 Å². The molecule has 0 fully saturated rings. The molecule has 0 rings (SSSR count). The van der Waals surface area contributed by atoms with Crippen molar-refractivity contribution in [3.05, 3.63) is 24.3 Å². The first kappa shape index (κ1) is 65.3. The Hall–Kier alpha value is -1.66. The van der Waals surface area contributed by atoms with E-state index < -0.39 is 12.1 Å². The smallest absolute Gasteiger partial charge is 0.305 e. The van der Waals surface area contributed by atoms with Gasteiger partial charge in [0, 0.05) is 12.8 Å². The fraction of sp³-hybridized carbons (Fsp3) is 0.902. The third-order valence-electron chi connectivity index (χ3n) is 14.0. The Morgan fingerprint density at radius 2 is 0.701 bits per heavy atom. The summed E-state index contributed by atoms with van der Waals surface area (Å²) in [7, 11) is 0. The largest absolute Gasteiger partial charge is 0.466 e. The second-order valence-corrected chi connectivity index (χ2v) is 20.7. The fourth-order valence-corrected chi connectivity index (χ4v) is 9.34. The lowest BCUT2D eigenvalue weighted by molar-refractivity contribution is -0.143. The highest BCUT2D eigenvalue weighted by Gasteiger charge is 2.20. The molecule has 0 saturated heterocycles. The maximum atomic E-state index is 12.5. The second-order valence-electron chi connectivity index (χ2n) is 20.7. The molecular formula is C61H117NO5. The third-order valence-corrected chi connectivity index (χ3v) is 14.0. The molecule has 0 heterocycles. The first-order chi connectivity index (χ1) is 33.0. The van der Waals surface area contributed by atoms with E-state index in [1.807, 2.05) is 0 Å². The Morgan fingerprint density at radius 3 is 1.06 bits per heavy atom. The van der Waals surface area contributed by atoms with Gasteiger partial charge in [0.15, 0.2) is 0 Å². The van der Waals surface area contributed by atoms with Crippen LogP contribution in [0, 0.1) is 0 Å². The summed E-state index contributed by atoms with van der Waals surface area (Å²) in [6.45, 7) is 4.94. The van der Waals surface area contributed by atoms with Gasteiger partial charge in [0.2, 0.25) is 5.91 Å². The molecule has 2 unspecified atom stereocenters. The number of allylic oxidation sites excluding steroid dienone is 4.